The number of unbranched alkanes of at least 4 members (excludes halogenated alkanes) is 1. The Morgan fingerprint density at radius 1 is 0.964 bits per heavy atom. The van der Waals surface area contributed by atoms with Crippen molar-refractivity contribution in [2.75, 3.05) is 18.8 Å². The molecular formula is C15H27N5O7S. The number of thiol groups is 1. The van der Waals surface area contributed by atoms with Gasteiger partial charge in [-0.2, -0.15) is 12.6 Å². The van der Waals surface area contributed by atoms with Crippen LogP contribution >= 0.6 is 12.6 Å². The standard InChI is InChI=1S/C15H27N5O7S/c16-4-2-1-3-9(20-13(24)8(17)5-12(22)23)14(25)18-6-11(21)19-10(7-28)15(26)27/h8-10,28H,1-7,16-17H2,(H,18,25)(H,19,21)(H,20,24)(H,22,23)(H,26,27). The van der Waals surface area contributed by atoms with Gasteiger partial charge in [0.25, 0.3) is 0 Å². The summed E-state index contributed by atoms with van der Waals surface area (Å²) >= 11 is 3.80. The first kappa shape index (κ1) is 25.6. The number of amides is 3. The number of nitrogens with two attached hydrogens (primary N) is 2. The third-order valence-corrected chi connectivity index (χ3v) is 3.92. The molecule has 0 spiro atoms. The van der Waals surface area contributed by atoms with Crippen LogP contribution < -0.4 is 27.4 Å². The summed E-state index contributed by atoms with van der Waals surface area (Å²) in [5.74, 6) is -4.92. The molecule has 9 N–H and O–H groups in total. The van der Waals surface area contributed by atoms with Gasteiger partial charge >= 0.3 is 11.9 Å². The topological polar surface area (TPSA) is 214 Å². The lowest BCUT2D eigenvalue weighted by Crippen LogP contribution is -2.53. The minimum Gasteiger partial charge on any atom is -0.481 e. The number of carbonyl (C=O) groups is 5. The van der Waals surface area contributed by atoms with Gasteiger partial charge in [0.15, 0.2) is 0 Å². The molecule has 0 fully saturated rings. The molecule has 0 aliphatic rings. The summed E-state index contributed by atoms with van der Waals surface area (Å²) in [6, 6.07) is -3.59. The number of nitrogens with one attached hydrogen (secondary N) is 3. The lowest BCUT2D eigenvalue weighted by Gasteiger charge is -2.20. The van der Waals surface area contributed by atoms with Gasteiger partial charge in [-0.3, -0.25) is 19.2 Å². The Balaban J connectivity index is 4.78. The van der Waals surface area contributed by atoms with Crippen LogP contribution in [0.15, 0.2) is 0 Å². The van der Waals surface area contributed by atoms with Crippen LogP contribution in [0.3, 0.4) is 0 Å². The second-order valence-electron chi connectivity index (χ2n) is 5.91. The van der Waals surface area contributed by atoms with Crippen molar-refractivity contribution in [2.45, 2.75) is 43.8 Å². The van der Waals surface area contributed by atoms with Crippen LogP contribution in [0, 0.1) is 0 Å². The lowest BCUT2D eigenvalue weighted by atomic mass is 10.1. The number of hydrogen-bond donors (Lipinski definition) is 8. The number of rotatable bonds is 14. The normalized spacial score (nSPS) is 13.7. The summed E-state index contributed by atoms with van der Waals surface area (Å²) in [4.78, 5) is 57.5. The Morgan fingerprint density at radius 3 is 2.11 bits per heavy atom. The second kappa shape index (κ2) is 13.7. The molecule has 0 aliphatic carbocycles. The van der Waals surface area contributed by atoms with Gasteiger partial charge in [-0.1, -0.05) is 0 Å². The maximum Gasteiger partial charge on any atom is 0.327 e. The van der Waals surface area contributed by atoms with Crippen molar-refractivity contribution in [1.82, 2.24) is 16.0 Å². The average molecular weight is 421 g/mol. The van der Waals surface area contributed by atoms with E-state index >= 15 is 0 Å². The van der Waals surface area contributed by atoms with Crippen molar-refractivity contribution < 1.29 is 34.2 Å². The van der Waals surface area contributed by atoms with Gasteiger partial charge in [0.1, 0.15) is 12.1 Å². The van der Waals surface area contributed by atoms with E-state index in [0.717, 1.165) is 0 Å². The van der Waals surface area contributed by atoms with Crippen LogP contribution in [0.5, 0.6) is 0 Å². The highest BCUT2D eigenvalue weighted by molar-refractivity contribution is 7.80. The zero-order valence-electron chi connectivity index (χ0n) is 15.2. The molecule has 0 aromatic rings. The number of aliphatic carboxylic acids is 2. The largest absolute Gasteiger partial charge is 0.481 e. The molecule has 3 atom stereocenters. The fourth-order valence-corrected chi connectivity index (χ4v) is 2.29. The number of carboxylic acid groups (broad SMARTS) is 2. The molecule has 3 unspecified atom stereocenters. The molecule has 12 nitrogen and oxygen atoms in total. The van der Waals surface area contributed by atoms with Crippen LogP contribution in [0.1, 0.15) is 25.7 Å². The molecule has 0 aromatic heterocycles. The molecule has 0 aromatic carbocycles. The molecule has 3 amide bonds. The zero-order chi connectivity index (χ0) is 21.7. The molecule has 0 aliphatic heterocycles. The van der Waals surface area contributed by atoms with Crippen LogP contribution in [0.25, 0.3) is 0 Å². The van der Waals surface area contributed by atoms with E-state index in [2.05, 4.69) is 28.6 Å². The van der Waals surface area contributed by atoms with Gasteiger partial charge in [0.2, 0.25) is 17.7 Å². The summed E-state index contributed by atoms with van der Waals surface area (Å²) in [6.07, 6.45) is 0.676. The third kappa shape index (κ3) is 10.7. The van der Waals surface area contributed by atoms with E-state index in [4.69, 9.17) is 21.7 Å². The van der Waals surface area contributed by atoms with E-state index in [1.165, 1.54) is 0 Å². The first-order valence-electron chi connectivity index (χ1n) is 8.50. The van der Waals surface area contributed by atoms with Gasteiger partial charge in [-0.15, -0.1) is 0 Å². The van der Waals surface area contributed by atoms with Crippen LogP contribution in [0.2, 0.25) is 0 Å². The summed E-state index contributed by atoms with van der Waals surface area (Å²) in [5.41, 5.74) is 10.9. The Morgan fingerprint density at radius 2 is 1.61 bits per heavy atom. The van der Waals surface area contributed by atoms with Gasteiger partial charge in [0.05, 0.1) is 19.0 Å². The summed E-state index contributed by atoms with van der Waals surface area (Å²) in [7, 11) is 0. The van der Waals surface area contributed by atoms with Crippen molar-refractivity contribution in [3.05, 3.63) is 0 Å². The van der Waals surface area contributed by atoms with Gasteiger partial charge in [0, 0.05) is 5.75 Å². The second-order valence-corrected chi connectivity index (χ2v) is 6.27. The minimum atomic E-state index is -1.34. The average Bonchev–Trinajstić information content (AvgIpc) is 2.62. The number of hydrogen-bond acceptors (Lipinski definition) is 8. The maximum absolute atomic E-state index is 12.3. The summed E-state index contributed by atoms with van der Waals surface area (Å²) in [5, 5.41) is 24.4. The molecule has 160 valence electrons. The molecule has 0 heterocycles. The van der Waals surface area contributed by atoms with Crippen LogP contribution in [0.4, 0.5) is 0 Å². The van der Waals surface area contributed by atoms with Gasteiger partial charge in [-0.25, -0.2) is 4.79 Å². The Labute approximate surface area is 167 Å². The minimum absolute atomic E-state index is 0.131. The van der Waals surface area contributed by atoms with Crippen molar-refractivity contribution in [3.8, 4) is 0 Å². The molecular weight excluding hydrogens is 394 g/mol. The SMILES string of the molecule is NCCCCC(NC(=O)C(N)CC(=O)O)C(=O)NCC(=O)NC(CS)C(=O)O. The highest BCUT2D eigenvalue weighted by Gasteiger charge is 2.25. The van der Waals surface area contributed by atoms with E-state index in [9.17, 15) is 24.0 Å². The highest BCUT2D eigenvalue weighted by Crippen LogP contribution is 2.02. The Hall–Kier alpha value is -2.38. The predicted molar refractivity (Wildman–Crippen MR) is 101 cm³/mol. The predicted octanol–water partition coefficient (Wildman–Crippen LogP) is -2.98. The summed E-state index contributed by atoms with van der Waals surface area (Å²) < 4.78 is 0. The van der Waals surface area contributed by atoms with E-state index < -0.39 is 60.8 Å². The Bertz CT molecular complexity index is 575. The zero-order valence-corrected chi connectivity index (χ0v) is 16.1. The maximum atomic E-state index is 12.3. The highest BCUT2D eigenvalue weighted by atomic mass is 32.1. The van der Waals surface area contributed by atoms with Crippen molar-refractivity contribution >= 4 is 42.3 Å². The fourth-order valence-electron chi connectivity index (χ4n) is 2.04. The monoisotopic (exact) mass is 421 g/mol. The number of carbonyl (C=O) groups excluding carboxylic acids is 3. The van der Waals surface area contributed by atoms with Crippen molar-refractivity contribution in [2.24, 2.45) is 11.5 Å². The van der Waals surface area contributed by atoms with Crippen LogP contribution in [-0.4, -0.2) is 76.8 Å². The molecule has 28 heavy (non-hydrogen) atoms. The first-order chi connectivity index (χ1) is 13.1. The van der Waals surface area contributed by atoms with E-state index in [-0.39, 0.29) is 12.2 Å². The molecule has 0 rings (SSSR count). The molecule has 13 heteroatoms. The number of carboxylic acids is 2. The van der Waals surface area contributed by atoms with Crippen molar-refractivity contribution in [1.29, 1.82) is 0 Å². The van der Waals surface area contributed by atoms with Crippen molar-refractivity contribution in [3.63, 3.8) is 0 Å². The molecule has 0 saturated carbocycles. The van der Waals surface area contributed by atoms with Gasteiger partial charge < -0.3 is 37.6 Å². The van der Waals surface area contributed by atoms with E-state index in [0.29, 0.717) is 19.4 Å². The van der Waals surface area contributed by atoms with Gasteiger partial charge in [-0.05, 0) is 25.8 Å². The Kier molecular flexibility index (Phi) is 12.6. The molecule has 0 saturated heterocycles. The van der Waals surface area contributed by atoms with E-state index in [1.54, 1.807) is 0 Å². The van der Waals surface area contributed by atoms with Crippen LogP contribution in [-0.2, 0) is 24.0 Å². The molecule has 0 bridgehead atoms. The smallest absolute Gasteiger partial charge is 0.327 e. The third-order valence-electron chi connectivity index (χ3n) is 3.55. The quantitative estimate of drug-likeness (QED) is 0.106. The lowest BCUT2D eigenvalue weighted by molar-refractivity contribution is -0.141. The molecule has 0 radical (unpaired) electrons. The van der Waals surface area contributed by atoms with E-state index in [1.807, 2.05) is 0 Å². The first-order valence-corrected chi connectivity index (χ1v) is 9.14. The summed E-state index contributed by atoms with van der Waals surface area (Å²) in [6.45, 7) is -0.135. The fraction of sp³-hybridized carbons (Fsp3) is 0.667.